The molecule has 0 aliphatic rings. The highest BCUT2D eigenvalue weighted by atomic mass is 35.5. The average molecular weight is 368 g/mol. The van der Waals surface area contributed by atoms with Gasteiger partial charge in [0.05, 0.1) is 23.3 Å². The molecule has 4 heteroatoms. The van der Waals surface area contributed by atoms with Gasteiger partial charge < -0.3 is 0 Å². The van der Waals surface area contributed by atoms with E-state index in [9.17, 15) is 0 Å². The predicted octanol–water partition coefficient (Wildman–Crippen LogP) is 7.01. The molecule has 0 aromatic carbocycles. The van der Waals surface area contributed by atoms with Gasteiger partial charge in [-0.15, -0.1) is 11.3 Å². The first kappa shape index (κ1) is 18.9. The normalized spacial score (nSPS) is 12.2. The van der Waals surface area contributed by atoms with Crippen LogP contribution in [0.15, 0.2) is 18.3 Å². The molecule has 0 aliphatic heterocycles. The molecule has 0 N–H and O–H groups in total. The Hall–Kier alpha value is -0.383. The molecule has 0 aliphatic carbocycles. The fraction of sp³-hybridized carbons (Fsp3) is 0.632. The van der Waals surface area contributed by atoms with Gasteiger partial charge in [0.1, 0.15) is 0 Å². The molecule has 0 atom stereocenters. The molecule has 0 unspecified atom stereocenters. The van der Waals surface area contributed by atoms with Crippen molar-refractivity contribution < 1.29 is 0 Å². The van der Waals surface area contributed by atoms with E-state index >= 15 is 0 Å². The van der Waals surface area contributed by atoms with Crippen LogP contribution in [0.25, 0.3) is 10.2 Å². The summed E-state index contributed by atoms with van der Waals surface area (Å²) in [7, 11) is -1.42. The molecule has 2 rings (SSSR count). The highest BCUT2D eigenvalue weighted by Crippen LogP contribution is 2.34. The molecule has 0 bridgehead atoms. The maximum atomic E-state index is 6.42. The first-order valence-corrected chi connectivity index (χ1v) is 13.0. The van der Waals surface area contributed by atoms with E-state index in [4.69, 9.17) is 11.6 Å². The number of hydrogen-bond acceptors (Lipinski definition) is 2. The lowest BCUT2D eigenvalue weighted by Gasteiger charge is -2.31. The molecule has 0 fully saturated rings. The van der Waals surface area contributed by atoms with Gasteiger partial charge >= 0.3 is 0 Å². The lowest BCUT2D eigenvalue weighted by Crippen LogP contribution is -2.45. The number of halogens is 1. The van der Waals surface area contributed by atoms with Crippen LogP contribution in [-0.2, 0) is 0 Å². The van der Waals surface area contributed by atoms with Gasteiger partial charge in [0.25, 0.3) is 0 Å². The van der Waals surface area contributed by atoms with Crippen molar-refractivity contribution in [1.29, 1.82) is 0 Å². The topological polar surface area (TPSA) is 12.9 Å². The van der Waals surface area contributed by atoms with Crippen molar-refractivity contribution in [3.8, 4) is 0 Å². The number of aromatic nitrogens is 1. The Kier molecular flexibility index (Phi) is 7.57. The maximum absolute atomic E-state index is 6.42. The standard InChI is InChI=1S/C19H30ClNSSi/c1-4-7-12-23(13-8-5-2,14-9-6-3)18-15-17-19(22-18)16(20)10-11-21-17/h10-11,15H,4-9,12-14H2,1-3H3. The largest absolute Gasteiger partial charge is 0.255 e. The number of unbranched alkanes of at least 4 members (excludes halogenated alkanes) is 3. The summed E-state index contributed by atoms with van der Waals surface area (Å²) < 4.78 is 2.86. The van der Waals surface area contributed by atoms with E-state index in [1.807, 2.05) is 23.6 Å². The van der Waals surface area contributed by atoms with Crippen molar-refractivity contribution >= 4 is 45.7 Å². The minimum absolute atomic E-state index is 0.871. The summed E-state index contributed by atoms with van der Waals surface area (Å²) in [4.78, 5) is 4.57. The van der Waals surface area contributed by atoms with Crippen molar-refractivity contribution in [2.75, 3.05) is 0 Å². The van der Waals surface area contributed by atoms with Crippen molar-refractivity contribution in [3.05, 3.63) is 23.4 Å². The number of rotatable bonds is 10. The van der Waals surface area contributed by atoms with Crippen LogP contribution in [0.1, 0.15) is 59.3 Å². The van der Waals surface area contributed by atoms with Gasteiger partial charge in [0.15, 0.2) is 0 Å². The van der Waals surface area contributed by atoms with Gasteiger partial charge in [-0.3, -0.25) is 4.98 Å². The highest BCUT2D eigenvalue weighted by molar-refractivity contribution is 7.32. The third kappa shape index (κ3) is 4.58. The zero-order chi connectivity index (χ0) is 16.7. The zero-order valence-electron chi connectivity index (χ0n) is 14.8. The van der Waals surface area contributed by atoms with E-state index in [2.05, 4.69) is 31.8 Å². The van der Waals surface area contributed by atoms with Crippen LogP contribution in [0.5, 0.6) is 0 Å². The van der Waals surface area contributed by atoms with E-state index in [1.165, 1.54) is 61.4 Å². The maximum Gasteiger partial charge on any atom is 0.0996 e. The number of thiophene rings is 1. The van der Waals surface area contributed by atoms with Gasteiger partial charge in [-0.05, 0) is 16.6 Å². The van der Waals surface area contributed by atoms with Gasteiger partial charge in [-0.25, -0.2) is 0 Å². The minimum Gasteiger partial charge on any atom is -0.255 e. The predicted molar refractivity (Wildman–Crippen MR) is 109 cm³/mol. The van der Waals surface area contributed by atoms with E-state index in [0.29, 0.717) is 0 Å². The van der Waals surface area contributed by atoms with Crippen LogP contribution >= 0.6 is 22.9 Å². The molecule has 23 heavy (non-hydrogen) atoms. The van der Waals surface area contributed by atoms with Crippen LogP contribution in [0.4, 0.5) is 0 Å². The van der Waals surface area contributed by atoms with Crippen molar-refractivity contribution in [2.24, 2.45) is 0 Å². The molecule has 2 aromatic heterocycles. The quantitative estimate of drug-likeness (QED) is 0.411. The highest BCUT2D eigenvalue weighted by Gasteiger charge is 2.35. The number of hydrogen-bond donors (Lipinski definition) is 0. The summed E-state index contributed by atoms with van der Waals surface area (Å²) in [6.07, 6.45) is 9.86. The molecule has 0 saturated heterocycles. The van der Waals surface area contributed by atoms with Gasteiger partial charge in [-0.1, -0.05) is 89.0 Å². The zero-order valence-corrected chi connectivity index (χ0v) is 17.4. The molecular formula is C19H30ClNSSi. The van der Waals surface area contributed by atoms with E-state index in [0.717, 1.165) is 10.5 Å². The van der Waals surface area contributed by atoms with Crippen LogP contribution in [-0.4, -0.2) is 13.1 Å². The van der Waals surface area contributed by atoms with E-state index < -0.39 is 8.07 Å². The second kappa shape index (κ2) is 9.19. The third-order valence-electron chi connectivity index (χ3n) is 4.91. The van der Waals surface area contributed by atoms with Crippen LogP contribution < -0.4 is 4.50 Å². The molecule has 128 valence electrons. The van der Waals surface area contributed by atoms with Gasteiger partial charge in [0, 0.05) is 6.20 Å². The van der Waals surface area contributed by atoms with Crippen LogP contribution in [0, 0.1) is 0 Å². The summed E-state index contributed by atoms with van der Waals surface area (Å²) >= 11 is 8.37. The Bertz CT molecular complexity index is 589. The molecule has 0 amide bonds. The second-order valence-electron chi connectivity index (χ2n) is 6.71. The Morgan fingerprint density at radius 1 is 1.00 bits per heavy atom. The third-order valence-corrected chi connectivity index (χ3v) is 13.0. The lowest BCUT2D eigenvalue weighted by atomic mass is 10.4. The Balaban J connectivity index is 2.43. The summed E-state index contributed by atoms with van der Waals surface area (Å²) in [5.41, 5.74) is 1.11. The Morgan fingerprint density at radius 2 is 1.57 bits per heavy atom. The molecule has 2 aromatic rings. The Morgan fingerprint density at radius 3 is 2.04 bits per heavy atom. The number of nitrogens with zero attached hydrogens (tertiary/aromatic N) is 1. The fourth-order valence-electron chi connectivity index (χ4n) is 3.46. The Labute approximate surface area is 151 Å². The SMILES string of the molecule is CCCC[Si](CCCC)(CCCC)c1cc2nccc(Cl)c2s1. The first-order valence-electron chi connectivity index (χ1n) is 9.21. The molecule has 1 nitrogen and oxygen atoms in total. The summed E-state index contributed by atoms with van der Waals surface area (Å²) in [6, 6.07) is 8.63. The van der Waals surface area contributed by atoms with Crippen molar-refractivity contribution in [1.82, 2.24) is 4.98 Å². The number of fused-ring (bicyclic) bond motifs is 1. The molecule has 2 heterocycles. The summed E-state index contributed by atoms with van der Waals surface area (Å²) in [5, 5.41) is 0.871. The molecular weight excluding hydrogens is 338 g/mol. The van der Waals surface area contributed by atoms with Crippen molar-refractivity contribution in [3.63, 3.8) is 0 Å². The van der Waals surface area contributed by atoms with E-state index in [1.54, 1.807) is 4.50 Å². The molecule has 0 saturated carbocycles. The molecule has 0 radical (unpaired) electrons. The smallest absolute Gasteiger partial charge is 0.0996 e. The van der Waals surface area contributed by atoms with Crippen LogP contribution in [0.2, 0.25) is 23.2 Å². The van der Waals surface area contributed by atoms with E-state index in [-0.39, 0.29) is 0 Å². The monoisotopic (exact) mass is 367 g/mol. The first-order chi connectivity index (χ1) is 11.2. The van der Waals surface area contributed by atoms with Gasteiger partial charge in [0.2, 0.25) is 0 Å². The average Bonchev–Trinajstić information content (AvgIpc) is 3.01. The second-order valence-corrected chi connectivity index (χ2v) is 13.1. The summed E-state index contributed by atoms with van der Waals surface area (Å²) in [5.74, 6) is 0. The summed E-state index contributed by atoms with van der Waals surface area (Å²) in [6.45, 7) is 6.96. The minimum atomic E-state index is -1.42. The molecule has 0 spiro atoms. The number of pyridine rings is 1. The lowest BCUT2D eigenvalue weighted by molar-refractivity contribution is 0.801. The fourth-order valence-corrected chi connectivity index (χ4v) is 11.6. The van der Waals surface area contributed by atoms with Crippen LogP contribution in [0.3, 0.4) is 0 Å². The van der Waals surface area contributed by atoms with Gasteiger partial charge in [-0.2, -0.15) is 0 Å². The van der Waals surface area contributed by atoms with Crippen molar-refractivity contribution in [2.45, 2.75) is 77.4 Å².